The molecule has 0 radical (unpaired) electrons. The van der Waals surface area contributed by atoms with E-state index in [0.29, 0.717) is 49.2 Å². The van der Waals surface area contributed by atoms with Crippen LogP contribution in [0, 0.1) is 6.92 Å². The van der Waals surface area contributed by atoms with Gasteiger partial charge in [-0.1, -0.05) is 24.2 Å². The smallest absolute Gasteiger partial charge is 0.276 e. The Hall–Kier alpha value is -2.71. The number of hydrogen-bond acceptors (Lipinski definition) is 7. The van der Waals surface area contributed by atoms with Crippen LogP contribution in [0.3, 0.4) is 0 Å². The largest absolute Gasteiger partial charge is 0.361 e. The second-order valence-corrected chi connectivity index (χ2v) is 7.54. The predicted octanol–water partition coefficient (Wildman–Crippen LogP) is 2.19. The van der Waals surface area contributed by atoms with Crippen molar-refractivity contribution < 1.29 is 18.6 Å². The zero-order valence-electron chi connectivity index (χ0n) is 16.8. The first-order valence-corrected chi connectivity index (χ1v) is 9.67. The van der Waals surface area contributed by atoms with Gasteiger partial charge in [-0.3, -0.25) is 9.59 Å². The summed E-state index contributed by atoms with van der Waals surface area (Å²) in [6.45, 7) is 8.90. The Kier molecular flexibility index (Phi) is 6.11. The molecule has 2 aromatic heterocycles. The van der Waals surface area contributed by atoms with Crippen LogP contribution in [0.5, 0.6) is 0 Å². The fraction of sp³-hybridized carbons (Fsp3) is 0.632. The van der Waals surface area contributed by atoms with E-state index in [1.165, 1.54) is 0 Å². The van der Waals surface area contributed by atoms with Crippen molar-refractivity contribution in [3.8, 4) is 0 Å². The number of rotatable bonds is 6. The van der Waals surface area contributed by atoms with E-state index < -0.39 is 0 Å². The van der Waals surface area contributed by atoms with E-state index >= 15 is 0 Å². The molecule has 2 amide bonds. The Bertz CT molecular complexity index is 828. The summed E-state index contributed by atoms with van der Waals surface area (Å²) in [6.07, 6.45) is 2.20. The zero-order valence-corrected chi connectivity index (χ0v) is 16.8. The molecule has 0 saturated carbocycles. The van der Waals surface area contributed by atoms with Crippen LogP contribution in [0.25, 0.3) is 0 Å². The molecule has 1 unspecified atom stereocenters. The molecule has 28 heavy (non-hydrogen) atoms. The lowest BCUT2D eigenvalue weighted by atomic mass is 10.0. The van der Waals surface area contributed by atoms with E-state index in [1.54, 1.807) is 29.7 Å². The molecule has 9 heteroatoms. The van der Waals surface area contributed by atoms with Crippen LogP contribution in [0.15, 0.2) is 15.1 Å². The molecule has 1 atom stereocenters. The standard InChI is InChI=1S/C19H27N5O4/c1-12(2)18-20-17(22-28-18)7-9-24(14(4)25)15-6-5-8-23(11-15)19(26)16-10-13(3)27-21-16/h10,12,15H,5-9,11H2,1-4H3. The summed E-state index contributed by atoms with van der Waals surface area (Å²) in [5, 5.41) is 7.81. The van der Waals surface area contributed by atoms with Crippen LogP contribution >= 0.6 is 0 Å². The number of piperidine rings is 1. The molecular weight excluding hydrogens is 362 g/mol. The summed E-state index contributed by atoms with van der Waals surface area (Å²) in [7, 11) is 0. The van der Waals surface area contributed by atoms with Gasteiger partial charge in [-0.15, -0.1) is 0 Å². The zero-order chi connectivity index (χ0) is 20.3. The van der Waals surface area contributed by atoms with Crippen molar-refractivity contribution in [3.05, 3.63) is 29.2 Å². The first-order chi connectivity index (χ1) is 13.3. The van der Waals surface area contributed by atoms with Crippen molar-refractivity contribution in [2.45, 2.75) is 58.9 Å². The molecule has 0 spiro atoms. The van der Waals surface area contributed by atoms with Gasteiger partial charge in [0.1, 0.15) is 5.76 Å². The molecule has 1 saturated heterocycles. The van der Waals surface area contributed by atoms with Crippen molar-refractivity contribution in [2.24, 2.45) is 0 Å². The second kappa shape index (κ2) is 8.53. The minimum atomic E-state index is -0.162. The molecule has 3 rings (SSSR count). The normalized spacial score (nSPS) is 17.2. The van der Waals surface area contributed by atoms with Crippen molar-refractivity contribution in [3.63, 3.8) is 0 Å². The molecule has 0 aromatic carbocycles. The van der Waals surface area contributed by atoms with Crippen LogP contribution in [0.2, 0.25) is 0 Å². The Labute approximate surface area is 164 Å². The lowest BCUT2D eigenvalue weighted by Crippen LogP contribution is -2.51. The van der Waals surface area contributed by atoms with Crippen molar-refractivity contribution >= 4 is 11.8 Å². The minimum absolute atomic E-state index is 0.0239. The predicted molar refractivity (Wildman–Crippen MR) is 99.6 cm³/mol. The van der Waals surface area contributed by atoms with Crippen LogP contribution in [0.1, 0.15) is 67.5 Å². The Morgan fingerprint density at radius 3 is 2.71 bits per heavy atom. The number of likely N-dealkylation sites (tertiary alicyclic amines) is 1. The molecule has 0 aliphatic carbocycles. The van der Waals surface area contributed by atoms with E-state index in [4.69, 9.17) is 9.05 Å². The van der Waals surface area contributed by atoms with Gasteiger partial charge in [0.05, 0.1) is 0 Å². The van der Waals surface area contributed by atoms with Crippen molar-refractivity contribution in [1.29, 1.82) is 0 Å². The van der Waals surface area contributed by atoms with Gasteiger partial charge in [0, 0.05) is 51.0 Å². The molecule has 2 aromatic rings. The van der Waals surface area contributed by atoms with Gasteiger partial charge < -0.3 is 18.8 Å². The van der Waals surface area contributed by atoms with Crippen molar-refractivity contribution in [2.75, 3.05) is 19.6 Å². The fourth-order valence-electron chi connectivity index (χ4n) is 3.44. The maximum Gasteiger partial charge on any atom is 0.276 e. The van der Waals surface area contributed by atoms with Gasteiger partial charge in [-0.25, -0.2) is 0 Å². The average Bonchev–Trinajstić information content (AvgIpc) is 3.30. The monoisotopic (exact) mass is 389 g/mol. The molecule has 1 aliphatic rings. The third kappa shape index (κ3) is 4.58. The maximum atomic E-state index is 12.7. The summed E-state index contributed by atoms with van der Waals surface area (Å²) >= 11 is 0. The molecule has 1 aliphatic heterocycles. The summed E-state index contributed by atoms with van der Waals surface area (Å²) in [5.41, 5.74) is 0.306. The van der Waals surface area contributed by atoms with Crippen molar-refractivity contribution in [1.82, 2.24) is 25.1 Å². The molecule has 9 nitrogen and oxygen atoms in total. The van der Waals surface area contributed by atoms with Crippen LogP contribution < -0.4 is 0 Å². The maximum absolute atomic E-state index is 12.7. The Morgan fingerprint density at radius 1 is 1.32 bits per heavy atom. The highest BCUT2D eigenvalue weighted by Gasteiger charge is 2.31. The van der Waals surface area contributed by atoms with E-state index in [0.717, 1.165) is 12.8 Å². The van der Waals surface area contributed by atoms with Gasteiger partial charge in [-0.05, 0) is 19.8 Å². The summed E-state index contributed by atoms with van der Waals surface area (Å²) in [6, 6.07) is 1.59. The number of hydrogen-bond donors (Lipinski definition) is 0. The number of aryl methyl sites for hydroxylation is 1. The minimum Gasteiger partial charge on any atom is -0.361 e. The Morgan fingerprint density at radius 2 is 2.11 bits per heavy atom. The third-order valence-corrected chi connectivity index (χ3v) is 4.93. The molecule has 3 heterocycles. The SMILES string of the molecule is CC(=O)N(CCc1noc(C(C)C)n1)C1CCCN(C(=O)c2cc(C)on2)C1. The van der Waals surface area contributed by atoms with Gasteiger partial charge in [0.25, 0.3) is 5.91 Å². The molecule has 152 valence electrons. The van der Waals surface area contributed by atoms with Crippen LogP contribution in [-0.4, -0.2) is 62.6 Å². The van der Waals surface area contributed by atoms with Crippen LogP contribution in [0.4, 0.5) is 0 Å². The van der Waals surface area contributed by atoms with Gasteiger partial charge in [0.2, 0.25) is 11.8 Å². The van der Waals surface area contributed by atoms with E-state index in [-0.39, 0.29) is 23.8 Å². The quantitative estimate of drug-likeness (QED) is 0.745. The molecule has 1 fully saturated rings. The Balaban J connectivity index is 1.64. The molecular formula is C19H27N5O4. The number of aromatic nitrogens is 3. The first-order valence-electron chi connectivity index (χ1n) is 9.67. The highest BCUT2D eigenvalue weighted by Crippen LogP contribution is 2.19. The highest BCUT2D eigenvalue weighted by atomic mass is 16.5. The number of amides is 2. The number of carbonyl (C=O) groups is 2. The van der Waals surface area contributed by atoms with E-state index in [2.05, 4.69) is 15.3 Å². The van der Waals surface area contributed by atoms with E-state index in [9.17, 15) is 9.59 Å². The first kappa shape index (κ1) is 20.0. The molecule has 0 N–H and O–H groups in total. The number of carbonyl (C=O) groups excluding carboxylic acids is 2. The number of nitrogens with zero attached hydrogens (tertiary/aromatic N) is 5. The highest BCUT2D eigenvalue weighted by molar-refractivity contribution is 5.92. The van der Waals surface area contributed by atoms with Crippen LogP contribution in [-0.2, 0) is 11.2 Å². The lowest BCUT2D eigenvalue weighted by Gasteiger charge is -2.38. The second-order valence-electron chi connectivity index (χ2n) is 7.54. The average molecular weight is 389 g/mol. The summed E-state index contributed by atoms with van der Waals surface area (Å²) in [5.74, 6) is 1.78. The lowest BCUT2D eigenvalue weighted by molar-refractivity contribution is -0.132. The van der Waals surface area contributed by atoms with Gasteiger partial charge in [-0.2, -0.15) is 4.98 Å². The van der Waals surface area contributed by atoms with Gasteiger partial charge >= 0.3 is 0 Å². The topological polar surface area (TPSA) is 106 Å². The fourth-order valence-corrected chi connectivity index (χ4v) is 3.44. The summed E-state index contributed by atoms with van der Waals surface area (Å²) in [4.78, 5) is 32.8. The molecule has 0 bridgehead atoms. The third-order valence-electron chi connectivity index (χ3n) is 4.93. The van der Waals surface area contributed by atoms with E-state index in [1.807, 2.05) is 13.8 Å². The van der Waals surface area contributed by atoms with Gasteiger partial charge in [0.15, 0.2) is 11.5 Å². The summed E-state index contributed by atoms with van der Waals surface area (Å²) < 4.78 is 10.2.